The van der Waals surface area contributed by atoms with E-state index >= 15 is 0 Å². The van der Waals surface area contributed by atoms with Gasteiger partial charge in [0, 0.05) is 18.1 Å². The minimum Gasteiger partial charge on any atom is -0.482 e. The Morgan fingerprint density at radius 3 is 2.96 bits per heavy atom. The van der Waals surface area contributed by atoms with Crippen LogP contribution in [0.4, 0.5) is 11.4 Å². The first kappa shape index (κ1) is 16.2. The standard InChI is InChI=1S/C18H16ClN3O2/c19-14-7-6-13(11-20)15(10-14)21-8-3-9-22-16-4-1-2-5-17(16)24-12-18(22)23/h1-2,4-7,10,21H,3,8-9,12H2. The van der Waals surface area contributed by atoms with E-state index in [0.717, 1.165) is 17.9 Å². The van der Waals surface area contributed by atoms with Gasteiger partial charge in [-0.3, -0.25) is 4.79 Å². The molecule has 0 saturated heterocycles. The van der Waals surface area contributed by atoms with Crippen molar-refractivity contribution < 1.29 is 9.53 Å². The molecule has 0 bridgehead atoms. The van der Waals surface area contributed by atoms with E-state index in [9.17, 15) is 4.79 Å². The number of nitrogens with zero attached hydrogens (tertiary/aromatic N) is 2. The van der Waals surface area contributed by atoms with Crippen LogP contribution in [0, 0.1) is 11.3 Å². The summed E-state index contributed by atoms with van der Waals surface area (Å²) >= 11 is 5.97. The van der Waals surface area contributed by atoms with Crippen molar-refractivity contribution in [2.45, 2.75) is 6.42 Å². The smallest absolute Gasteiger partial charge is 0.265 e. The number of fused-ring (bicyclic) bond motifs is 1. The maximum absolute atomic E-state index is 12.1. The average Bonchev–Trinajstić information content (AvgIpc) is 2.60. The third kappa shape index (κ3) is 3.44. The topological polar surface area (TPSA) is 65.4 Å². The quantitative estimate of drug-likeness (QED) is 0.846. The van der Waals surface area contributed by atoms with E-state index in [2.05, 4.69) is 11.4 Å². The minimum atomic E-state index is -0.0471. The molecule has 0 aromatic heterocycles. The lowest BCUT2D eigenvalue weighted by molar-refractivity contribution is -0.121. The van der Waals surface area contributed by atoms with Crippen LogP contribution in [0.1, 0.15) is 12.0 Å². The number of anilines is 2. The number of halogens is 1. The van der Waals surface area contributed by atoms with Gasteiger partial charge >= 0.3 is 0 Å². The number of rotatable bonds is 5. The Morgan fingerprint density at radius 1 is 1.29 bits per heavy atom. The molecular weight excluding hydrogens is 326 g/mol. The molecule has 1 heterocycles. The van der Waals surface area contributed by atoms with Crippen molar-refractivity contribution in [3.8, 4) is 11.8 Å². The summed E-state index contributed by atoms with van der Waals surface area (Å²) in [4.78, 5) is 13.8. The minimum absolute atomic E-state index is 0.0471. The molecule has 0 unspecified atom stereocenters. The number of para-hydroxylation sites is 2. The fourth-order valence-electron chi connectivity index (χ4n) is 2.62. The highest BCUT2D eigenvalue weighted by Gasteiger charge is 2.24. The Balaban J connectivity index is 1.61. The zero-order valence-electron chi connectivity index (χ0n) is 13.0. The van der Waals surface area contributed by atoms with Crippen molar-refractivity contribution >= 4 is 28.9 Å². The Kier molecular flexibility index (Phi) is 4.88. The van der Waals surface area contributed by atoms with Crippen molar-refractivity contribution in [3.05, 3.63) is 53.1 Å². The molecule has 0 aliphatic carbocycles. The maximum atomic E-state index is 12.1. The Labute approximate surface area is 145 Å². The molecule has 122 valence electrons. The third-order valence-electron chi connectivity index (χ3n) is 3.78. The number of hydrogen-bond acceptors (Lipinski definition) is 4. The number of carbonyl (C=O) groups is 1. The summed E-state index contributed by atoms with van der Waals surface area (Å²) in [6.07, 6.45) is 0.734. The van der Waals surface area contributed by atoms with Gasteiger partial charge < -0.3 is 15.0 Å². The van der Waals surface area contributed by atoms with Crippen LogP contribution in [0.25, 0.3) is 0 Å². The van der Waals surface area contributed by atoms with E-state index in [4.69, 9.17) is 21.6 Å². The molecule has 0 spiro atoms. The van der Waals surface area contributed by atoms with E-state index in [1.165, 1.54) is 0 Å². The van der Waals surface area contributed by atoms with Crippen molar-refractivity contribution in [1.82, 2.24) is 0 Å². The Morgan fingerprint density at radius 2 is 2.12 bits per heavy atom. The van der Waals surface area contributed by atoms with E-state index in [1.54, 1.807) is 23.1 Å². The number of amides is 1. The number of ether oxygens (including phenoxy) is 1. The lowest BCUT2D eigenvalue weighted by Crippen LogP contribution is -2.39. The first-order valence-corrected chi connectivity index (χ1v) is 8.02. The monoisotopic (exact) mass is 341 g/mol. The Bertz CT molecular complexity index is 801. The number of carbonyl (C=O) groups excluding carboxylic acids is 1. The largest absolute Gasteiger partial charge is 0.482 e. The van der Waals surface area contributed by atoms with Crippen LogP contribution >= 0.6 is 11.6 Å². The molecule has 2 aromatic rings. The van der Waals surface area contributed by atoms with E-state index in [-0.39, 0.29) is 12.5 Å². The summed E-state index contributed by atoms with van der Waals surface area (Å²) in [5.41, 5.74) is 2.06. The first-order chi connectivity index (χ1) is 11.7. The molecule has 3 rings (SSSR count). The fourth-order valence-corrected chi connectivity index (χ4v) is 2.79. The molecule has 1 aliphatic rings. The zero-order chi connectivity index (χ0) is 16.9. The van der Waals surface area contributed by atoms with Gasteiger partial charge in [0.25, 0.3) is 5.91 Å². The Hall–Kier alpha value is -2.71. The molecular formula is C18H16ClN3O2. The fraction of sp³-hybridized carbons (Fsp3) is 0.222. The van der Waals surface area contributed by atoms with E-state index in [0.29, 0.717) is 29.4 Å². The van der Waals surface area contributed by atoms with Gasteiger partial charge in [0.2, 0.25) is 0 Å². The van der Waals surface area contributed by atoms with Crippen molar-refractivity contribution in [3.63, 3.8) is 0 Å². The van der Waals surface area contributed by atoms with Crippen LogP contribution in [0.3, 0.4) is 0 Å². The average molecular weight is 342 g/mol. The third-order valence-corrected chi connectivity index (χ3v) is 4.02. The zero-order valence-corrected chi connectivity index (χ0v) is 13.7. The lowest BCUT2D eigenvalue weighted by atomic mass is 10.2. The van der Waals surface area contributed by atoms with Crippen molar-refractivity contribution in [1.29, 1.82) is 5.26 Å². The molecule has 0 atom stereocenters. The maximum Gasteiger partial charge on any atom is 0.265 e. The van der Waals surface area contributed by atoms with Gasteiger partial charge in [-0.15, -0.1) is 0 Å². The lowest BCUT2D eigenvalue weighted by Gasteiger charge is -2.29. The predicted molar refractivity (Wildman–Crippen MR) is 93.6 cm³/mol. The summed E-state index contributed by atoms with van der Waals surface area (Å²) in [6, 6.07) is 14.7. The molecule has 1 N–H and O–H groups in total. The van der Waals surface area contributed by atoms with Gasteiger partial charge in [0.1, 0.15) is 11.8 Å². The highest BCUT2D eigenvalue weighted by atomic mass is 35.5. The van der Waals surface area contributed by atoms with Gasteiger partial charge in [-0.1, -0.05) is 23.7 Å². The van der Waals surface area contributed by atoms with Gasteiger partial charge in [-0.25, -0.2) is 0 Å². The summed E-state index contributed by atoms with van der Waals surface area (Å²) in [7, 11) is 0. The normalized spacial score (nSPS) is 13.0. The second kappa shape index (κ2) is 7.24. The molecule has 24 heavy (non-hydrogen) atoms. The van der Waals surface area contributed by atoms with Gasteiger partial charge in [-0.05, 0) is 36.8 Å². The van der Waals surface area contributed by atoms with Crippen molar-refractivity contribution in [2.75, 3.05) is 29.9 Å². The van der Waals surface area contributed by atoms with Gasteiger partial charge in [0.05, 0.1) is 16.9 Å². The SMILES string of the molecule is N#Cc1ccc(Cl)cc1NCCCN1C(=O)COc2ccccc21. The van der Waals surface area contributed by atoms with Crippen molar-refractivity contribution in [2.24, 2.45) is 0 Å². The van der Waals surface area contributed by atoms with Crippen LogP contribution in [0.15, 0.2) is 42.5 Å². The van der Waals surface area contributed by atoms with Crippen LogP contribution < -0.4 is 15.0 Å². The number of nitrogens with one attached hydrogen (secondary N) is 1. The summed E-state index contributed by atoms with van der Waals surface area (Å²) in [5, 5.41) is 12.9. The first-order valence-electron chi connectivity index (χ1n) is 7.65. The summed E-state index contributed by atoms with van der Waals surface area (Å²) in [6.45, 7) is 1.27. The van der Waals surface area contributed by atoms with Gasteiger partial charge in [0.15, 0.2) is 6.61 Å². The molecule has 0 radical (unpaired) electrons. The van der Waals surface area contributed by atoms with Crippen LogP contribution in [-0.4, -0.2) is 25.6 Å². The molecule has 5 nitrogen and oxygen atoms in total. The van der Waals surface area contributed by atoms with Crippen LogP contribution in [0.2, 0.25) is 5.02 Å². The second-order valence-electron chi connectivity index (χ2n) is 5.38. The molecule has 6 heteroatoms. The number of nitriles is 1. The summed E-state index contributed by atoms with van der Waals surface area (Å²) < 4.78 is 5.43. The molecule has 1 aliphatic heterocycles. The number of benzene rings is 2. The highest BCUT2D eigenvalue weighted by Crippen LogP contribution is 2.31. The van der Waals surface area contributed by atoms with E-state index < -0.39 is 0 Å². The summed E-state index contributed by atoms with van der Waals surface area (Å²) in [5.74, 6) is 0.681. The molecule has 0 saturated carbocycles. The van der Waals surface area contributed by atoms with Crippen LogP contribution in [-0.2, 0) is 4.79 Å². The molecule has 2 aromatic carbocycles. The second-order valence-corrected chi connectivity index (χ2v) is 5.82. The highest BCUT2D eigenvalue weighted by molar-refractivity contribution is 6.30. The van der Waals surface area contributed by atoms with Crippen LogP contribution in [0.5, 0.6) is 5.75 Å². The molecule has 1 amide bonds. The van der Waals surface area contributed by atoms with Gasteiger partial charge in [-0.2, -0.15) is 5.26 Å². The number of hydrogen-bond donors (Lipinski definition) is 1. The van der Waals surface area contributed by atoms with E-state index in [1.807, 2.05) is 24.3 Å². The predicted octanol–water partition coefficient (Wildman–Crippen LogP) is 3.44. The molecule has 0 fully saturated rings.